The Hall–Kier alpha value is -0.860. The third-order valence-corrected chi connectivity index (χ3v) is 5.00. The summed E-state index contributed by atoms with van der Waals surface area (Å²) < 4.78 is 11.9. The summed E-state index contributed by atoms with van der Waals surface area (Å²) in [4.78, 5) is 0. The molecule has 0 saturated carbocycles. The molecule has 1 aromatic rings. The van der Waals surface area contributed by atoms with Gasteiger partial charge in [0.2, 0.25) is 0 Å². The van der Waals surface area contributed by atoms with Crippen molar-refractivity contribution in [1.29, 1.82) is 0 Å². The van der Waals surface area contributed by atoms with E-state index < -0.39 is 0 Å². The number of hydrogen-bond acceptors (Lipinski definition) is 2. The molecule has 1 aromatic carbocycles. The highest BCUT2D eigenvalue weighted by Gasteiger charge is 2.23. The van der Waals surface area contributed by atoms with Crippen LogP contribution in [0.1, 0.15) is 89.1 Å². The van der Waals surface area contributed by atoms with Crippen LogP contribution >= 0.6 is 0 Å². The van der Waals surface area contributed by atoms with E-state index >= 15 is 0 Å². The van der Waals surface area contributed by atoms with Gasteiger partial charge in [-0.3, -0.25) is 0 Å². The van der Waals surface area contributed by atoms with Crippen LogP contribution in [0.25, 0.3) is 0 Å². The van der Waals surface area contributed by atoms with E-state index in [1.54, 1.807) is 0 Å². The quantitative estimate of drug-likeness (QED) is 0.434. The molecular weight excluding hydrogens is 296 g/mol. The molecule has 0 amide bonds. The van der Waals surface area contributed by atoms with Gasteiger partial charge in [0.25, 0.3) is 0 Å². The van der Waals surface area contributed by atoms with Gasteiger partial charge in [-0.05, 0) is 24.8 Å². The van der Waals surface area contributed by atoms with Gasteiger partial charge in [0.15, 0.2) is 6.29 Å². The number of hydrogen-bond donors (Lipinski definition) is 0. The van der Waals surface area contributed by atoms with E-state index in [1.165, 1.54) is 69.8 Å². The standard InChI is InChI=1S/C22H36O2/c1-3-5-7-9-11-19-13-15-21(16-14-19)22-23-17-20(18-24-22)12-10-8-6-4-2/h13-16,20,22H,3-12,17-18H2,1-2H3. The van der Waals surface area contributed by atoms with Gasteiger partial charge in [-0.25, -0.2) is 0 Å². The van der Waals surface area contributed by atoms with E-state index in [1.807, 2.05) is 0 Å². The van der Waals surface area contributed by atoms with Crippen molar-refractivity contribution in [3.8, 4) is 0 Å². The maximum atomic E-state index is 5.96. The molecule has 0 radical (unpaired) electrons. The van der Waals surface area contributed by atoms with Gasteiger partial charge in [-0.2, -0.15) is 0 Å². The van der Waals surface area contributed by atoms with E-state index in [4.69, 9.17) is 9.47 Å². The molecule has 136 valence electrons. The molecule has 0 atom stereocenters. The highest BCUT2D eigenvalue weighted by Crippen LogP contribution is 2.27. The minimum atomic E-state index is -0.161. The van der Waals surface area contributed by atoms with Crippen LogP contribution in [0.2, 0.25) is 0 Å². The van der Waals surface area contributed by atoms with Gasteiger partial charge < -0.3 is 9.47 Å². The lowest BCUT2D eigenvalue weighted by Gasteiger charge is -2.29. The zero-order valence-electron chi connectivity index (χ0n) is 15.8. The van der Waals surface area contributed by atoms with E-state index in [9.17, 15) is 0 Å². The number of unbranched alkanes of at least 4 members (excludes halogenated alkanes) is 6. The van der Waals surface area contributed by atoms with Crippen LogP contribution < -0.4 is 0 Å². The van der Waals surface area contributed by atoms with Crippen LogP contribution in [0, 0.1) is 5.92 Å². The Labute approximate surface area is 148 Å². The van der Waals surface area contributed by atoms with Crippen molar-refractivity contribution in [3.63, 3.8) is 0 Å². The van der Waals surface area contributed by atoms with Crippen molar-refractivity contribution in [2.75, 3.05) is 13.2 Å². The average Bonchev–Trinajstić information content (AvgIpc) is 2.64. The third-order valence-electron chi connectivity index (χ3n) is 5.00. The molecule has 1 aliphatic heterocycles. The minimum absolute atomic E-state index is 0.161. The summed E-state index contributed by atoms with van der Waals surface area (Å²) in [6, 6.07) is 8.85. The Morgan fingerprint density at radius 3 is 2.04 bits per heavy atom. The Morgan fingerprint density at radius 1 is 0.792 bits per heavy atom. The minimum Gasteiger partial charge on any atom is -0.348 e. The van der Waals surface area contributed by atoms with Gasteiger partial charge in [-0.15, -0.1) is 0 Å². The Morgan fingerprint density at radius 2 is 1.42 bits per heavy atom. The Kier molecular flexibility index (Phi) is 9.45. The molecule has 0 spiro atoms. The molecule has 24 heavy (non-hydrogen) atoms. The highest BCUT2D eigenvalue weighted by atomic mass is 16.7. The molecule has 1 fully saturated rings. The largest absolute Gasteiger partial charge is 0.348 e. The zero-order valence-corrected chi connectivity index (χ0v) is 15.8. The second-order valence-corrected chi connectivity index (χ2v) is 7.27. The molecule has 1 aliphatic rings. The summed E-state index contributed by atoms with van der Waals surface area (Å²) in [5, 5.41) is 0. The lowest BCUT2D eigenvalue weighted by Crippen LogP contribution is -2.27. The summed E-state index contributed by atoms with van der Waals surface area (Å²) in [7, 11) is 0. The van der Waals surface area contributed by atoms with Crippen LogP contribution in [-0.4, -0.2) is 13.2 Å². The topological polar surface area (TPSA) is 18.5 Å². The first-order valence-corrected chi connectivity index (χ1v) is 10.2. The van der Waals surface area contributed by atoms with E-state index in [0.29, 0.717) is 5.92 Å². The van der Waals surface area contributed by atoms with Crippen molar-refractivity contribution in [2.24, 2.45) is 5.92 Å². The summed E-state index contributed by atoms with van der Waals surface area (Å²) in [5.41, 5.74) is 2.59. The van der Waals surface area contributed by atoms with Crippen molar-refractivity contribution < 1.29 is 9.47 Å². The lowest BCUT2D eigenvalue weighted by molar-refractivity contribution is -0.206. The summed E-state index contributed by atoms with van der Waals surface area (Å²) >= 11 is 0. The molecular formula is C22H36O2. The number of aryl methyl sites for hydroxylation is 1. The zero-order chi connectivity index (χ0) is 17.0. The van der Waals surface area contributed by atoms with E-state index in [2.05, 4.69) is 38.1 Å². The SMILES string of the molecule is CCCCCCc1ccc(C2OCC(CCCCCC)CO2)cc1. The molecule has 2 nitrogen and oxygen atoms in total. The van der Waals surface area contributed by atoms with Crippen LogP contribution in [0.4, 0.5) is 0 Å². The van der Waals surface area contributed by atoms with Gasteiger partial charge in [0, 0.05) is 11.5 Å². The maximum absolute atomic E-state index is 5.96. The second kappa shape index (κ2) is 11.7. The monoisotopic (exact) mass is 332 g/mol. The second-order valence-electron chi connectivity index (χ2n) is 7.27. The average molecular weight is 333 g/mol. The van der Waals surface area contributed by atoms with Gasteiger partial charge >= 0.3 is 0 Å². The lowest BCUT2D eigenvalue weighted by atomic mass is 10.0. The third kappa shape index (κ3) is 6.94. The molecule has 0 aromatic heterocycles. The summed E-state index contributed by atoms with van der Waals surface area (Å²) in [6.45, 7) is 6.20. The van der Waals surface area contributed by atoms with Crippen molar-refractivity contribution >= 4 is 0 Å². The first-order valence-electron chi connectivity index (χ1n) is 10.2. The number of rotatable bonds is 11. The van der Waals surface area contributed by atoms with Gasteiger partial charge in [0.05, 0.1) is 13.2 Å². The predicted octanol–water partition coefficient (Wildman–Crippen LogP) is 6.44. The van der Waals surface area contributed by atoms with Crippen LogP contribution in [0.15, 0.2) is 24.3 Å². The van der Waals surface area contributed by atoms with Crippen molar-refractivity contribution in [2.45, 2.75) is 84.3 Å². The van der Waals surface area contributed by atoms with Gasteiger partial charge in [-0.1, -0.05) is 83.1 Å². The van der Waals surface area contributed by atoms with Crippen LogP contribution in [-0.2, 0) is 15.9 Å². The molecule has 1 saturated heterocycles. The van der Waals surface area contributed by atoms with E-state index in [-0.39, 0.29) is 6.29 Å². The molecule has 0 N–H and O–H groups in total. The fraction of sp³-hybridized carbons (Fsp3) is 0.727. The van der Waals surface area contributed by atoms with Gasteiger partial charge in [0.1, 0.15) is 0 Å². The molecule has 0 aliphatic carbocycles. The highest BCUT2D eigenvalue weighted by molar-refractivity contribution is 5.23. The smallest absolute Gasteiger partial charge is 0.183 e. The molecule has 0 bridgehead atoms. The molecule has 2 heteroatoms. The van der Waals surface area contributed by atoms with Crippen LogP contribution in [0.3, 0.4) is 0 Å². The molecule has 0 unspecified atom stereocenters. The maximum Gasteiger partial charge on any atom is 0.183 e. The number of benzene rings is 1. The Bertz CT molecular complexity index is 418. The summed E-state index contributed by atoms with van der Waals surface area (Å²) in [6.07, 6.45) is 12.9. The fourth-order valence-electron chi connectivity index (χ4n) is 3.36. The predicted molar refractivity (Wildman–Crippen MR) is 101 cm³/mol. The molecule has 2 rings (SSSR count). The molecule has 1 heterocycles. The number of ether oxygens (including phenoxy) is 2. The van der Waals surface area contributed by atoms with E-state index in [0.717, 1.165) is 18.8 Å². The summed E-state index contributed by atoms with van der Waals surface area (Å²) in [5.74, 6) is 0.580. The van der Waals surface area contributed by atoms with Crippen LogP contribution in [0.5, 0.6) is 0 Å². The first-order chi connectivity index (χ1) is 11.8. The first kappa shape index (κ1) is 19.5. The normalized spacial score (nSPS) is 21.1. The Balaban J connectivity index is 1.68. The fourth-order valence-corrected chi connectivity index (χ4v) is 3.36. The van der Waals surface area contributed by atoms with Crippen molar-refractivity contribution in [3.05, 3.63) is 35.4 Å². The van der Waals surface area contributed by atoms with Crippen molar-refractivity contribution in [1.82, 2.24) is 0 Å².